The normalized spacial score (nSPS) is 13.6. The van der Waals surface area contributed by atoms with E-state index in [1.807, 2.05) is 19.1 Å². The lowest BCUT2D eigenvalue weighted by molar-refractivity contribution is 0.604. The number of benzene rings is 1. The molecule has 0 bridgehead atoms. The molecule has 2 rings (SSSR count). The molecule has 0 aliphatic rings. The summed E-state index contributed by atoms with van der Waals surface area (Å²) >= 11 is 8.08. The van der Waals surface area contributed by atoms with E-state index in [9.17, 15) is 4.39 Å². The number of hydrogen-bond donors (Lipinski definition) is 0. The molecule has 1 heterocycles. The van der Waals surface area contributed by atoms with Gasteiger partial charge in [-0.2, -0.15) is 0 Å². The van der Waals surface area contributed by atoms with Crippen molar-refractivity contribution in [1.82, 2.24) is 0 Å². The van der Waals surface area contributed by atoms with Crippen LogP contribution in [-0.2, 0) is 5.41 Å². The molecule has 0 N–H and O–H groups in total. The largest absolute Gasteiger partial charge is 0.207 e. The quantitative estimate of drug-likeness (QED) is 0.612. The van der Waals surface area contributed by atoms with Crippen LogP contribution < -0.4 is 0 Å². The molecule has 0 aliphatic heterocycles. The van der Waals surface area contributed by atoms with Crippen molar-refractivity contribution >= 4 is 22.9 Å². The predicted molar refractivity (Wildman–Crippen MR) is 81.9 cm³/mol. The lowest BCUT2D eigenvalue weighted by Gasteiger charge is -2.15. The van der Waals surface area contributed by atoms with Gasteiger partial charge in [0.05, 0.1) is 5.38 Å². The van der Waals surface area contributed by atoms with E-state index in [1.54, 1.807) is 17.4 Å². The van der Waals surface area contributed by atoms with Crippen molar-refractivity contribution in [3.8, 4) is 0 Å². The van der Waals surface area contributed by atoms with Crippen LogP contribution in [0.3, 0.4) is 0 Å². The van der Waals surface area contributed by atoms with Crippen LogP contribution in [-0.4, -0.2) is 0 Å². The van der Waals surface area contributed by atoms with Crippen molar-refractivity contribution in [2.45, 2.75) is 38.5 Å². The molecule has 1 aromatic carbocycles. The van der Waals surface area contributed by atoms with Crippen LogP contribution in [0, 0.1) is 12.7 Å². The van der Waals surface area contributed by atoms with Crippen LogP contribution in [0.15, 0.2) is 30.3 Å². The summed E-state index contributed by atoms with van der Waals surface area (Å²) in [5, 5.41) is -0.415. The number of alkyl halides is 1. The van der Waals surface area contributed by atoms with Gasteiger partial charge in [0.1, 0.15) is 5.82 Å². The molecule has 0 spiro atoms. The average Bonchev–Trinajstić information content (AvgIpc) is 2.76. The topological polar surface area (TPSA) is 0 Å². The second-order valence-electron chi connectivity index (χ2n) is 5.84. The molecular formula is C16H18ClFS. The highest BCUT2D eigenvalue weighted by Gasteiger charge is 2.21. The Labute approximate surface area is 123 Å². The molecule has 1 atom stereocenters. The fourth-order valence-electron chi connectivity index (χ4n) is 1.88. The SMILES string of the molecule is Cc1ccc(C(Cl)c2ccc(C(C)(C)C)s2)c(F)c1. The molecule has 0 radical (unpaired) electrons. The molecule has 2 aromatic rings. The summed E-state index contributed by atoms with van der Waals surface area (Å²) < 4.78 is 13.9. The zero-order valence-electron chi connectivity index (χ0n) is 11.6. The monoisotopic (exact) mass is 296 g/mol. The first kappa shape index (κ1) is 14.5. The smallest absolute Gasteiger partial charge is 0.128 e. The Morgan fingerprint density at radius 2 is 1.84 bits per heavy atom. The highest BCUT2D eigenvalue weighted by atomic mass is 35.5. The first-order chi connectivity index (χ1) is 8.79. The fourth-order valence-corrected chi connectivity index (χ4v) is 3.33. The van der Waals surface area contributed by atoms with Crippen LogP contribution in [0.1, 0.15) is 47.0 Å². The Morgan fingerprint density at radius 3 is 2.37 bits per heavy atom. The molecule has 102 valence electrons. The third-order valence-electron chi connectivity index (χ3n) is 3.04. The summed E-state index contributed by atoms with van der Waals surface area (Å²) in [7, 11) is 0. The van der Waals surface area contributed by atoms with Crippen LogP contribution in [0.2, 0.25) is 0 Å². The number of hydrogen-bond acceptors (Lipinski definition) is 1. The van der Waals surface area contributed by atoms with Gasteiger partial charge in [-0.25, -0.2) is 4.39 Å². The van der Waals surface area contributed by atoms with Crippen molar-refractivity contribution in [2.24, 2.45) is 0 Å². The van der Waals surface area contributed by atoms with Crippen molar-refractivity contribution in [1.29, 1.82) is 0 Å². The highest BCUT2D eigenvalue weighted by Crippen LogP contribution is 2.38. The van der Waals surface area contributed by atoms with E-state index in [0.29, 0.717) is 5.56 Å². The van der Waals surface area contributed by atoms with Gasteiger partial charge in [0.2, 0.25) is 0 Å². The maximum atomic E-state index is 13.9. The predicted octanol–water partition coefficient (Wildman–Crippen LogP) is 5.82. The number of halogens is 2. The Bertz CT molecular complexity index is 581. The number of rotatable bonds is 2. The Hall–Kier alpha value is -0.860. The number of aryl methyl sites for hydroxylation is 1. The minimum absolute atomic E-state index is 0.103. The second kappa shape index (κ2) is 5.26. The van der Waals surface area contributed by atoms with E-state index in [-0.39, 0.29) is 11.2 Å². The molecule has 3 heteroatoms. The Kier molecular flexibility index (Phi) is 4.03. The standard InChI is InChI=1S/C16H18ClFS/c1-10-5-6-11(12(18)9-10)15(17)13-7-8-14(19-13)16(2,3)4/h5-9,15H,1-4H3. The van der Waals surface area contributed by atoms with Gasteiger partial charge in [0, 0.05) is 15.3 Å². The average molecular weight is 297 g/mol. The van der Waals surface area contributed by atoms with Gasteiger partial charge >= 0.3 is 0 Å². The molecule has 0 amide bonds. The van der Waals surface area contributed by atoms with E-state index in [0.717, 1.165) is 10.4 Å². The van der Waals surface area contributed by atoms with Crippen molar-refractivity contribution in [2.75, 3.05) is 0 Å². The first-order valence-electron chi connectivity index (χ1n) is 6.29. The van der Waals surface area contributed by atoms with E-state index >= 15 is 0 Å². The van der Waals surface area contributed by atoms with E-state index in [4.69, 9.17) is 11.6 Å². The first-order valence-corrected chi connectivity index (χ1v) is 7.54. The van der Waals surface area contributed by atoms with Gasteiger partial charge in [0.25, 0.3) is 0 Å². The van der Waals surface area contributed by atoms with E-state index in [2.05, 4.69) is 26.8 Å². The Balaban J connectivity index is 2.34. The number of thiophene rings is 1. The lowest BCUT2D eigenvalue weighted by Crippen LogP contribution is -2.07. The molecule has 19 heavy (non-hydrogen) atoms. The maximum absolute atomic E-state index is 13.9. The van der Waals surface area contributed by atoms with Gasteiger partial charge in [-0.15, -0.1) is 22.9 Å². The molecular weight excluding hydrogens is 279 g/mol. The van der Waals surface area contributed by atoms with Crippen LogP contribution in [0.5, 0.6) is 0 Å². The lowest BCUT2D eigenvalue weighted by atomic mass is 9.95. The van der Waals surface area contributed by atoms with Crippen LogP contribution in [0.25, 0.3) is 0 Å². The minimum atomic E-state index is -0.415. The van der Waals surface area contributed by atoms with Crippen molar-refractivity contribution in [3.05, 3.63) is 57.0 Å². The molecule has 0 fully saturated rings. The van der Waals surface area contributed by atoms with Gasteiger partial charge in [-0.3, -0.25) is 0 Å². The fraction of sp³-hybridized carbons (Fsp3) is 0.375. The molecule has 0 saturated carbocycles. The summed E-state index contributed by atoms with van der Waals surface area (Å²) in [5.41, 5.74) is 1.56. The minimum Gasteiger partial charge on any atom is -0.207 e. The zero-order valence-corrected chi connectivity index (χ0v) is 13.2. The van der Waals surface area contributed by atoms with Crippen LogP contribution >= 0.6 is 22.9 Å². The van der Waals surface area contributed by atoms with Gasteiger partial charge in [0.15, 0.2) is 0 Å². The van der Waals surface area contributed by atoms with Crippen molar-refractivity contribution in [3.63, 3.8) is 0 Å². The second-order valence-corrected chi connectivity index (χ2v) is 7.39. The highest BCUT2D eigenvalue weighted by molar-refractivity contribution is 7.12. The van der Waals surface area contributed by atoms with Gasteiger partial charge in [-0.1, -0.05) is 32.9 Å². The molecule has 0 saturated heterocycles. The molecule has 0 nitrogen and oxygen atoms in total. The zero-order chi connectivity index (χ0) is 14.2. The molecule has 1 aromatic heterocycles. The third-order valence-corrected chi connectivity index (χ3v) is 5.22. The molecule has 0 aliphatic carbocycles. The maximum Gasteiger partial charge on any atom is 0.128 e. The van der Waals surface area contributed by atoms with Crippen LogP contribution in [0.4, 0.5) is 4.39 Å². The summed E-state index contributed by atoms with van der Waals surface area (Å²) in [6.45, 7) is 8.37. The third kappa shape index (κ3) is 3.18. The van der Waals surface area contributed by atoms with Gasteiger partial charge < -0.3 is 0 Å². The van der Waals surface area contributed by atoms with E-state index in [1.165, 1.54) is 10.9 Å². The summed E-state index contributed by atoms with van der Waals surface area (Å²) in [6.07, 6.45) is 0. The summed E-state index contributed by atoms with van der Waals surface area (Å²) in [5.74, 6) is -0.231. The molecule has 1 unspecified atom stereocenters. The summed E-state index contributed by atoms with van der Waals surface area (Å²) in [4.78, 5) is 2.26. The Morgan fingerprint density at radius 1 is 1.16 bits per heavy atom. The van der Waals surface area contributed by atoms with Crippen molar-refractivity contribution < 1.29 is 4.39 Å². The van der Waals surface area contributed by atoms with E-state index < -0.39 is 5.38 Å². The summed E-state index contributed by atoms with van der Waals surface area (Å²) in [6, 6.07) is 9.29. The van der Waals surface area contributed by atoms with Gasteiger partial charge in [-0.05, 0) is 36.1 Å².